The van der Waals surface area contributed by atoms with Crippen molar-refractivity contribution in [2.75, 3.05) is 0 Å². The minimum Gasteiger partial charge on any atom is -0.506 e. The highest BCUT2D eigenvalue weighted by atomic mass is 79.9. The van der Waals surface area contributed by atoms with Crippen LogP contribution >= 0.6 is 15.9 Å². The van der Waals surface area contributed by atoms with Crippen molar-refractivity contribution in [3.8, 4) is 5.75 Å². The van der Waals surface area contributed by atoms with Crippen LogP contribution in [0.5, 0.6) is 5.75 Å². The zero-order chi connectivity index (χ0) is 12.5. The summed E-state index contributed by atoms with van der Waals surface area (Å²) in [6, 6.07) is 1.76. The number of alkyl halides is 3. The Labute approximate surface area is 96.6 Å². The minimum absolute atomic E-state index is 0.0375. The first-order valence-electron chi connectivity index (χ1n) is 4.02. The van der Waals surface area contributed by atoms with Crippen LogP contribution in [0.15, 0.2) is 16.6 Å². The molecular formula is C9H6BrF3O3. The summed E-state index contributed by atoms with van der Waals surface area (Å²) in [5, 5.41) is 17.6. The predicted molar refractivity (Wildman–Crippen MR) is 52.1 cm³/mol. The van der Waals surface area contributed by atoms with Crippen LogP contribution in [0.4, 0.5) is 13.2 Å². The minimum atomic E-state index is -4.72. The van der Waals surface area contributed by atoms with Gasteiger partial charge in [0.15, 0.2) is 0 Å². The largest absolute Gasteiger partial charge is 0.506 e. The molecule has 0 spiro atoms. The molecule has 0 aliphatic carbocycles. The number of rotatable bonds is 2. The van der Waals surface area contributed by atoms with E-state index in [1.54, 1.807) is 0 Å². The Balaban J connectivity index is 3.28. The molecule has 0 aromatic heterocycles. The van der Waals surface area contributed by atoms with Gasteiger partial charge in [0.2, 0.25) is 0 Å². The molecule has 1 rings (SSSR count). The fourth-order valence-corrected chi connectivity index (χ4v) is 1.66. The predicted octanol–water partition coefficient (Wildman–Crippen LogP) is 2.80. The summed E-state index contributed by atoms with van der Waals surface area (Å²) < 4.78 is 37.1. The van der Waals surface area contributed by atoms with Gasteiger partial charge in [0, 0.05) is 0 Å². The monoisotopic (exact) mass is 298 g/mol. The molecule has 0 heterocycles. The molecule has 0 aliphatic rings. The molecule has 7 heteroatoms. The molecule has 2 N–H and O–H groups in total. The van der Waals surface area contributed by atoms with Gasteiger partial charge in [-0.25, -0.2) is 0 Å². The Kier molecular flexibility index (Phi) is 3.47. The summed E-state index contributed by atoms with van der Waals surface area (Å²) in [6.07, 6.45) is -5.26. The van der Waals surface area contributed by atoms with Crippen LogP contribution in [-0.4, -0.2) is 16.2 Å². The van der Waals surface area contributed by atoms with Crippen LogP contribution in [0.2, 0.25) is 0 Å². The van der Waals surface area contributed by atoms with Crippen molar-refractivity contribution in [3.05, 3.63) is 27.7 Å². The smallest absolute Gasteiger partial charge is 0.420 e. The molecule has 1 aromatic rings. The number of benzene rings is 1. The highest BCUT2D eigenvalue weighted by Crippen LogP contribution is 2.40. The van der Waals surface area contributed by atoms with Gasteiger partial charge in [-0.05, 0) is 33.6 Å². The van der Waals surface area contributed by atoms with E-state index in [2.05, 4.69) is 15.9 Å². The van der Waals surface area contributed by atoms with Gasteiger partial charge in [-0.15, -0.1) is 0 Å². The zero-order valence-electron chi connectivity index (χ0n) is 7.68. The van der Waals surface area contributed by atoms with Crippen molar-refractivity contribution < 1.29 is 28.2 Å². The highest BCUT2D eigenvalue weighted by Gasteiger charge is 2.35. The maximum atomic E-state index is 12.4. The Morgan fingerprint density at radius 3 is 2.38 bits per heavy atom. The average molecular weight is 299 g/mol. The fourth-order valence-electron chi connectivity index (χ4n) is 1.15. The lowest BCUT2D eigenvalue weighted by atomic mass is 10.1. The van der Waals surface area contributed by atoms with Gasteiger partial charge in [-0.3, -0.25) is 4.79 Å². The second kappa shape index (κ2) is 4.32. The number of phenols is 1. The number of aromatic hydroxyl groups is 1. The summed E-state index contributed by atoms with van der Waals surface area (Å²) in [5.41, 5.74) is -1.29. The van der Waals surface area contributed by atoms with E-state index in [-0.39, 0.29) is 10.0 Å². The van der Waals surface area contributed by atoms with Gasteiger partial charge in [-0.1, -0.05) is 0 Å². The molecule has 88 valence electrons. The molecule has 0 bridgehead atoms. The van der Waals surface area contributed by atoms with Crippen LogP contribution in [0, 0.1) is 0 Å². The van der Waals surface area contributed by atoms with Gasteiger partial charge in [-0.2, -0.15) is 13.2 Å². The van der Waals surface area contributed by atoms with Gasteiger partial charge in [0.25, 0.3) is 0 Å². The molecule has 0 fully saturated rings. The summed E-state index contributed by atoms with van der Waals surface area (Å²) in [6.45, 7) is 0. The van der Waals surface area contributed by atoms with E-state index in [1.807, 2.05) is 0 Å². The lowest BCUT2D eigenvalue weighted by molar-refractivity contribution is -0.139. The summed E-state index contributed by atoms with van der Waals surface area (Å²) >= 11 is 2.74. The number of hydrogen-bond acceptors (Lipinski definition) is 2. The summed E-state index contributed by atoms with van der Waals surface area (Å²) in [7, 11) is 0. The third-order valence-corrected chi connectivity index (χ3v) is 2.39. The van der Waals surface area contributed by atoms with E-state index in [0.29, 0.717) is 6.07 Å². The number of halogens is 4. The Bertz CT molecular complexity index is 429. The van der Waals surface area contributed by atoms with E-state index in [1.165, 1.54) is 0 Å². The number of aliphatic carboxylic acids is 1. The second-order valence-electron chi connectivity index (χ2n) is 3.04. The standard InChI is InChI=1S/C9H6BrF3O3/c10-6-2-4(3-7(14)15)1-5(8(6)16)9(11,12)13/h1-2,16H,3H2,(H,14,15). The first kappa shape index (κ1) is 12.8. The van der Waals surface area contributed by atoms with Crippen LogP contribution < -0.4 is 0 Å². The molecule has 16 heavy (non-hydrogen) atoms. The topological polar surface area (TPSA) is 57.5 Å². The first-order chi connectivity index (χ1) is 7.21. The van der Waals surface area contributed by atoms with Crippen molar-refractivity contribution in [2.24, 2.45) is 0 Å². The average Bonchev–Trinajstić information content (AvgIpc) is 2.08. The molecule has 3 nitrogen and oxygen atoms in total. The maximum absolute atomic E-state index is 12.4. The summed E-state index contributed by atoms with van der Waals surface area (Å²) in [4.78, 5) is 10.4. The number of carboxylic acid groups (broad SMARTS) is 1. The first-order valence-corrected chi connectivity index (χ1v) is 4.81. The van der Waals surface area contributed by atoms with E-state index in [0.717, 1.165) is 6.07 Å². The molecule has 0 atom stereocenters. The van der Waals surface area contributed by atoms with Gasteiger partial charge >= 0.3 is 12.1 Å². The van der Waals surface area contributed by atoms with Crippen molar-refractivity contribution in [3.63, 3.8) is 0 Å². The van der Waals surface area contributed by atoms with E-state index in [4.69, 9.17) is 5.11 Å². The SMILES string of the molecule is O=C(O)Cc1cc(Br)c(O)c(C(F)(F)F)c1. The Morgan fingerprint density at radius 1 is 1.38 bits per heavy atom. The fraction of sp³-hybridized carbons (Fsp3) is 0.222. The van der Waals surface area contributed by atoms with Crippen molar-refractivity contribution in [1.29, 1.82) is 0 Å². The number of hydrogen-bond donors (Lipinski definition) is 2. The molecular weight excluding hydrogens is 293 g/mol. The van der Waals surface area contributed by atoms with Crippen molar-refractivity contribution in [1.82, 2.24) is 0 Å². The van der Waals surface area contributed by atoms with E-state index >= 15 is 0 Å². The zero-order valence-corrected chi connectivity index (χ0v) is 9.26. The maximum Gasteiger partial charge on any atom is 0.420 e. The third kappa shape index (κ3) is 2.88. The quantitative estimate of drug-likeness (QED) is 0.883. The third-order valence-electron chi connectivity index (χ3n) is 1.78. The number of phenolic OH excluding ortho intramolecular Hbond substituents is 1. The van der Waals surface area contributed by atoms with Crippen molar-refractivity contribution in [2.45, 2.75) is 12.6 Å². The molecule has 0 radical (unpaired) electrons. The molecule has 0 saturated heterocycles. The van der Waals surface area contributed by atoms with Crippen LogP contribution in [0.25, 0.3) is 0 Å². The molecule has 0 unspecified atom stereocenters. The number of carbonyl (C=O) groups is 1. The highest BCUT2D eigenvalue weighted by molar-refractivity contribution is 9.10. The molecule has 1 aromatic carbocycles. The molecule has 0 amide bonds. The van der Waals surface area contributed by atoms with Gasteiger partial charge in [0.1, 0.15) is 5.75 Å². The van der Waals surface area contributed by atoms with Crippen LogP contribution in [0.1, 0.15) is 11.1 Å². The lowest BCUT2D eigenvalue weighted by Crippen LogP contribution is -2.08. The number of carboxylic acids is 1. The van der Waals surface area contributed by atoms with Gasteiger partial charge in [0.05, 0.1) is 16.5 Å². The van der Waals surface area contributed by atoms with Crippen LogP contribution in [-0.2, 0) is 17.4 Å². The normalized spacial score (nSPS) is 11.5. The Hall–Kier alpha value is -1.24. The van der Waals surface area contributed by atoms with Crippen molar-refractivity contribution >= 4 is 21.9 Å². The van der Waals surface area contributed by atoms with Gasteiger partial charge < -0.3 is 10.2 Å². The van der Waals surface area contributed by atoms with Crippen LogP contribution in [0.3, 0.4) is 0 Å². The summed E-state index contributed by atoms with van der Waals surface area (Å²) in [5.74, 6) is -2.19. The Morgan fingerprint density at radius 2 is 1.94 bits per heavy atom. The molecule has 0 saturated carbocycles. The van der Waals surface area contributed by atoms with E-state index < -0.39 is 29.9 Å². The van der Waals surface area contributed by atoms with E-state index in [9.17, 15) is 23.1 Å². The second-order valence-corrected chi connectivity index (χ2v) is 3.90. The lowest BCUT2D eigenvalue weighted by Gasteiger charge is -2.11. The molecule has 0 aliphatic heterocycles.